The summed E-state index contributed by atoms with van der Waals surface area (Å²) < 4.78 is 22.7. The van der Waals surface area contributed by atoms with Gasteiger partial charge in [-0.25, -0.2) is 8.42 Å². The zero-order valence-corrected chi connectivity index (χ0v) is 11.6. The molecule has 2 rings (SSSR count). The molecule has 0 spiro atoms. The second-order valence-electron chi connectivity index (χ2n) is 5.32. The van der Waals surface area contributed by atoms with E-state index in [9.17, 15) is 8.42 Å². The normalized spacial score (nSPS) is 19.3. The second-order valence-corrected chi connectivity index (χ2v) is 7.33. The molecule has 1 fully saturated rings. The summed E-state index contributed by atoms with van der Waals surface area (Å²) >= 11 is 0. The molecule has 1 unspecified atom stereocenters. The Balaban J connectivity index is 2.15. The summed E-state index contributed by atoms with van der Waals surface area (Å²) in [6.07, 6.45) is 3.63. The van der Waals surface area contributed by atoms with Crippen LogP contribution in [0.5, 0.6) is 0 Å². The standard InChI is InChI=1S/C13H20N2O2S/c1-13(9-14,10-3-4-10)15-11-5-7-12(8-6-11)18(2,16)17/h5-8,10,15H,3-4,9,14H2,1-2H3. The number of hydrogen-bond acceptors (Lipinski definition) is 4. The molecule has 3 N–H and O–H groups in total. The monoisotopic (exact) mass is 268 g/mol. The van der Waals surface area contributed by atoms with Crippen LogP contribution in [0.15, 0.2) is 29.2 Å². The summed E-state index contributed by atoms with van der Waals surface area (Å²) in [6, 6.07) is 6.85. The van der Waals surface area contributed by atoms with Gasteiger partial charge >= 0.3 is 0 Å². The molecule has 0 radical (unpaired) electrons. The van der Waals surface area contributed by atoms with E-state index in [1.807, 2.05) is 0 Å². The third-order valence-electron chi connectivity index (χ3n) is 3.61. The van der Waals surface area contributed by atoms with E-state index in [1.165, 1.54) is 19.1 Å². The van der Waals surface area contributed by atoms with Crippen LogP contribution >= 0.6 is 0 Å². The first kappa shape index (κ1) is 13.4. The zero-order chi connectivity index (χ0) is 13.4. The van der Waals surface area contributed by atoms with E-state index in [4.69, 9.17) is 5.73 Å². The highest BCUT2D eigenvalue weighted by atomic mass is 32.2. The number of sulfone groups is 1. The molecule has 1 aromatic rings. The second kappa shape index (κ2) is 4.55. The number of rotatable bonds is 5. The van der Waals surface area contributed by atoms with Gasteiger partial charge in [0.05, 0.1) is 4.90 Å². The minimum Gasteiger partial charge on any atom is -0.378 e. The maximum Gasteiger partial charge on any atom is 0.175 e. The molecule has 18 heavy (non-hydrogen) atoms. The predicted molar refractivity (Wildman–Crippen MR) is 73.4 cm³/mol. The molecule has 0 amide bonds. The van der Waals surface area contributed by atoms with Crippen molar-refractivity contribution < 1.29 is 8.42 Å². The molecule has 0 saturated heterocycles. The quantitative estimate of drug-likeness (QED) is 0.851. The molecule has 1 saturated carbocycles. The Labute approximate surface area is 108 Å². The topological polar surface area (TPSA) is 72.2 Å². The van der Waals surface area contributed by atoms with E-state index in [2.05, 4.69) is 12.2 Å². The van der Waals surface area contributed by atoms with Crippen LogP contribution in [0.4, 0.5) is 5.69 Å². The molecule has 1 atom stereocenters. The number of benzene rings is 1. The van der Waals surface area contributed by atoms with Crippen LogP contribution in [-0.4, -0.2) is 26.8 Å². The van der Waals surface area contributed by atoms with Crippen molar-refractivity contribution in [1.82, 2.24) is 0 Å². The Hall–Kier alpha value is -1.07. The highest BCUT2D eigenvalue weighted by Gasteiger charge is 2.40. The van der Waals surface area contributed by atoms with Gasteiger partial charge in [-0.15, -0.1) is 0 Å². The molecule has 100 valence electrons. The molecule has 1 aromatic carbocycles. The van der Waals surface area contributed by atoms with Crippen LogP contribution in [0.25, 0.3) is 0 Å². The maximum absolute atomic E-state index is 11.4. The Kier molecular flexibility index (Phi) is 3.38. The van der Waals surface area contributed by atoms with Crippen LogP contribution in [0, 0.1) is 5.92 Å². The van der Waals surface area contributed by atoms with Crippen LogP contribution in [0.2, 0.25) is 0 Å². The molecular formula is C13H20N2O2S. The average molecular weight is 268 g/mol. The van der Waals surface area contributed by atoms with Gasteiger partial charge in [0.15, 0.2) is 9.84 Å². The fourth-order valence-electron chi connectivity index (χ4n) is 2.16. The lowest BCUT2D eigenvalue weighted by atomic mass is 9.95. The van der Waals surface area contributed by atoms with E-state index in [0.717, 1.165) is 5.69 Å². The fraction of sp³-hybridized carbons (Fsp3) is 0.538. The summed E-state index contributed by atoms with van der Waals surface area (Å²) in [5.74, 6) is 0.622. The van der Waals surface area contributed by atoms with E-state index in [-0.39, 0.29) is 5.54 Å². The maximum atomic E-state index is 11.4. The molecule has 5 heteroatoms. The first-order chi connectivity index (χ1) is 8.35. The van der Waals surface area contributed by atoms with Crippen molar-refractivity contribution in [3.63, 3.8) is 0 Å². The van der Waals surface area contributed by atoms with Gasteiger partial charge in [-0.1, -0.05) is 0 Å². The molecule has 1 aliphatic carbocycles. The minimum atomic E-state index is -3.13. The van der Waals surface area contributed by atoms with Gasteiger partial charge < -0.3 is 11.1 Å². The van der Waals surface area contributed by atoms with Crippen molar-refractivity contribution in [2.24, 2.45) is 11.7 Å². The Morgan fingerprint density at radius 2 is 1.89 bits per heavy atom. The lowest BCUT2D eigenvalue weighted by Gasteiger charge is -2.30. The highest BCUT2D eigenvalue weighted by molar-refractivity contribution is 7.90. The van der Waals surface area contributed by atoms with Gasteiger partial charge in [-0.3, -0.25) is 0 Å². The molecule has 1 aliphatic rings. The molecule has 4 nitrogen and oxygen atoms in total. The van der Waals surface area contributed by atoms with Gasteiger partial charge in [0.2, 0.25) is 0 Å². The zero-order valence-electron chi connectivity index (χ0n) is 10.8. The van der Waals surface area contributed by atoms with E-state index < -0.39 is 9.84 Å². The van der Waals surface area contributed by atoms with Gasteiger partial charge in [-0.05, 0) is 49.9 Å². The number of anilines is 1. The molecule has 0 aliphatic heterocycles. The third kappa shape index (κ3) is 2.84. The van der Waals surface area contributed by atoms with Crippen LogP contribution in [-0.2, 0) is 9.84 Å². The van der Waals surface area contributed by atoms with Crippen LogP contribution < -0.4 is 11.1 Å². The van der Waals surface area contributed by atoms with Crippen LogP contribution in [0.3, 0.4) is 0 Å². The summed E-state index contributed by atoms with van der Waals surface area (Å²) in [4.78, 5) is 0.342. The van der Waals surface area contributed by atoms with E-state index >= 15 is 0 Å². The number of nitrogens with two attached hydrogens (primary N) is 1. The highest BCUT2D eigenvalue weighted by Crippen LogP contribution is 2.40. The molecular weight excluding hydrogens is 248 g/mol. The van der Waals surface area contributed by atoms with Crippen molar-refractivity contribution in [2.75, 3.05) is 18.1 Å². The lowest BCUT2D eigenvalue weighted by molar-refractivity contribution is 0.459. The number of hydrogen-bond donors (Lipinski definition) is 2. The smallest absolute Gasteiger partial charge is 0.175 e. The summed E-state index contributed by atoms with van der Waals surface area (Å²) in [7, 11) is -3.13. The first-order valence-electron chi connectivity index (χ1n) is 6.13. The van der Waals surface area contributed by atoms with E-state index in [1.54, 1.807) is 24.3 Å². The Bertz CT molecular complexity index is 520. The van der Waals surface area contributed by atoms with E-state index in [0.29, 0.717) is 17.4 Å². The van der Waals surface area contributed by atoms with Crippen molar-refractivity contribution >= 4 is 15.5 Å². The summed E-state index contributed by atoms with van der Waals surface area (Å²) in [6.45, 7) is 2.70. The molecule has 0 heterocycles. The largest absolute Gasteiger partial charge is 0.378 e. The molecule has 0 bridgehead atoms. The minimum absolute atomic E-state index is 0.0907. The molecule has 0 aromatic heterocycles. The Morgan fingerprint density at radius 3 is 2.28 bits per heavy atom. The lowest BCUT2D eigenvalue weighted by Crippen LogP contribution is -2.44. The van der Waals surface area contributed by atoms with Gasteiger partial charge in [-0.2, -0.15) is 0 Å². The SMILES string of the molecule is CC(CN)(Nc1ccc(S(C)(=O)=O)cc1)C1CC1. The van der Waals surface area contributed by atoms with Crippen molar-refractivity contribution in [1.29, 1.82) is 0 Å². The van der Waals surface area contributed by atoms with Gasteiger partial charge in [0.25, 0.3) is 0 Å². The van der Waals surface area contributed by atoms with Gasteiger partial charge in [0, 0.05) is 24.0 Å². The van der Waals surface area contributed by atoms with Crippen molar-refractivity contribution in [3.8, 4) is 0 Å². The predicted octanol–water partition coefficient (Wildman–Crippen LogP) is 1.63. The van der Waals surface area contributed by atoms with Crippen molar-refractivity contribution in [3.05, 3.63) is 24.3 Å². The fourth-order valence-corrected chi connectivity index (χ4v) is 2.79. The average Bonchev–Trinajstić information content (AvgIpc) is 3.12. The van der Waals surface area contributed by atoms with Gasteiger partial charge in [0.1, 0.15) is 0 Å². The van der Waals surface area contributed by atoms with Crippen LogP contribution in [0.1, 0.15) is 19.8 Å². The Morgan fingerprint density at radius 1 is 1.33 bits per heavy atom. The summed E-state index contributed by atoms with van der Waals surface area (Å²) in [5, 5.41) is 3.43. The third-order valence-corrected chi connectivity index (χ3v) is 4.74. The number of nitrogens with one attached hydrogen (secondary N) is 1. The first-order valence-corrected chi connectivity index (χ1v) is 8.03. The summed E-state index contributed by atoms with van der Waals surface area (Å²) in [5.41, 5.74) is 6.66. The van der Waals surface area contributed by atoms with Crippen molar-refractivity contribution in [2.45, 2.75) is 30.2 Å².